The van der Waals surface area contributed by atoms with Gasteiger partial charge in [0, 0.05) is 20.7 Å². The quantitative estimate of drug-likeness (QED) is 0.905. The molecule has 0 saturated carbocycles. The van der Waals surface area contributed by atoms with E-state index >= 15 is 0 Å². The molecule has 1 heterocycles. The van der Waals surface area contributed by atoms with Gasteiger partial charge in [-0.25, -0.2) is 4.79 Å². The molecule has 0 saturated heterocycles. The molecule has 0 radical (unpaired) electrons. The third-order valence-corrected chi connectivity index (χ3v) is 3.77. The van der Waals surface area contributed by atoms with Crippen LogP contribution in [-0.2, 0) is 11.3 Å². The molecular weight excluding hydrogens is 274 g/mol. The average molecular weight is 286 g/mol. The van der Waals surface area contributed by atoms with Crippen LogP contribution < -0.4 is 5.32 Å². The summed E-state index contributed by atoms with van der Waals surface area (Å²) < 4.78 is 5.77. The Morgan fingerprint density at radius 1 is 1.56 bits per heavy atom. The lowest BCUT2D eigenvalue weighted by Gasteiger charge is -2.04. The van der Waals surface area contributed by atoms with Crippen molar-refractivity contribution < 1.29 is 14.6 Å². The van der Waals surface area contributed by atoms with Crippen LogP contribution in [0.5, 0.6) is 0 Å². The van der Waals surface area contributed by atoms with Crippen molar-refractivity contribution >= 4 is 44.1 Å². The van der Waals surface area contributed by atoms with Crippen LogP contribution >= 0.6 is 22.9 Å². The van der Waals surface area contributed by atoms with Gasteiger partial charge in [0.1, 0.15) is 5.00 Å². The standard InChI is InChI=1S/C12H12ClNO3S/c1-2-17-12(16)14-11-9(6-15)8-5-7(13)3-4-10(8)18-11/h3-5,15H,2,6H2,1H3,(H,14,16). The number of halogens is 1. The predicted octanol–water partition coefficient (Wildman–Crippen LogP) is 3.62. The van der Waals surface area contributed by atoms with Gasteiger partial charge in [-0.2, -0.15) is 0 Å². The molecule has 2 aromatic rings. The fourth-order valence-corrected chi connectivity index (χ4v) is 2.89. The Morgan fingerprint density at radius 3 is 3.00 bits per heavy atom. The van der Waals surface area contributed by atoms with Crippen LogP contribution in [0.3, 0.4) is 0 Å². The molecule has 0 unspecified atom stereocenters. The predicted molar refractivity (Wildman–Crippen MR) is 73.4 cm³/mol. The van der Waals surface area contributed by atoms with Crippen molar-refractivity contribution in [3.05, 3.63) is 28.8 Å². The lowest BCUT2D eigenvalue weighted by atomic mass is 10.2. The van der Waals surface area contributed by atoms with E-state index < -0.39 is 6.09 Å². The number of hydrogen-bond acceptors (Lipinski definition) is 4. The molecule has 96 valence electrons. The van der Waals surface area contributed by atoms with Crippen LogP contribution in [0.1, 0.15) is 12.5 Å². The maximum atomic E-state index is 11.4. The van der Waals surface area contributed by atoms with Gasteiger partial charge in [-0.05, 0) is 25.1 Å². The number of anilines is 1. The van der Waals surface area contributed by atoms with Crippen LogP contribution in [0.25, 0.3) is 10.1 Å². The van der Waals surface area contributed by atoms with Crippen molar-refractivity contribution in [3.63, 3.8) is 0 Å². The number of aliphatic hydroxyl groups is 1. The normalized spacial score (nSPS) is 10.6. The highest BCUT2D eigenvalue weighted by Gasteiger charge is 2.14. The lowest BCUT2D eigenvalue weighted by Crippen LogP contribution is -2.13. The number of aliphatic hydroxyl groups excluding tert-OH is 1. The van der Waals surface area contributed by atoms with E-state index in [2.05, 4.69) is 5.32 Å². The summed E-state index contributed by atoms with van der Waals surface area (Å²) in [4.78, 5) is 11.4. The smallest absolute Gasteiger partial charge is 0.412 e. The Bertz CT molecular complexity index is 582. The summed E-state index contributed by atoms with van der Waals surface area (Å²) in [6, 6.07) is 5.41. The topological polar surface area (TPSA) is 58.6 Å². The van der Waals surface area contributed by atoms with Crippen LogP contribution in [0.15, 0.2) is 18.2 Å². The van der Waals surface area contributed by atoms with Crippen molar-refractivity contribution in [2.24, 2.45) is 0 Å². The van der Waals surface area contributed by atoms with Crippen molar-refractivity contribution in [2.45, 2.75) is 13.5 Å². The highest BCUT2D eigenvalue weighted by molar-refractivity contribution is 7.23. The highest BCUT2D eigenvalue weighted by Crippen LogP contribution is 2.37. The first kappa shape index (κ1) is 13.1. The molecular formula is C12H12ClNO3S. The molecule has 1 aromatic carbocycles. The Kier molecular flexibility index (Phi) is 4.06. The minimum atomic E-state index is -0.523. The van der Waals surface area contributed by atoms with Gasteiger partial charge in [0.2, 0.25) is 0 Å². The van der Waals surface area contributed by atoms with Crippen molar-refractivity contribution in [1.29, 1.82) is 0 Å². The minimum absolute atomic E-state index is 0.165. The second-order valence-electron chi connectivity index (χ2n) is 3.55. The second-order valence-corrected chi connectivity index (χ2v) is 5.04. The zero-order valence-corrected chi connectivity index (χ0v) is 11.3. The number of benzene rings is 1. The van der Waals surface area contributed by atoms with E-state index in [-0.39, 0.29) is 6.61 Å². The van der Waals surface area contributed by atoms with Crippen molar-refractivity contribution in [2.75, 3.05) is 11.9 Å². The monoisotopic (exact) mass is 285 g/mol. The Balaban J connectivity index is 2.41. The van der Waals surface area contributed by atoms with Crippen LogP contribution in [0.2, 0.25) is 5.02 Å². The number of nitrogens with one attached hydrogen (secondary N) is 1. The zero-order chi connectivity index (χ0) is 13.1. The van der Waals surface area contributed by atoms with E-state index in [1.807, 2.05) is 6.07 Å². The number of ether oxygens (including phenoxy) is 1. The SMILES string of the molecule is CCOC(=O)Nc1sc2ccc(Cl)cc2c1CO. The molecule has 18 heavy (non-hydrogen) atoms. The molecule has 2 N–H and O–H groups in total. The minimum Gasteiger partial charge on any atom is -0.450 e. The number of hydrogen-bond donors (Lipinski definition) is 2. The number of fused-ring (bicyclic) bond motifs is 1. The van der Waals surface area contributed by atoms with Gasteiger partial charge in [0.05, 0.1) is 13.2 Å². The van der Waals surface area contributed by atoms with Crippen molar-refractivity contribution in [3.8, 4) is 0 Å². The number of rotatable bonds is 3. The van der Waals surface area contributed by atoms with E-state index in [9.17, 15) is 9.90 Å². The first-order chi connectivity index (χ1) is 8.65. The fourth-order valence-electron chi connectivity index (χ4n) is 1.64. The second kappa shape index (κ2) is 5.56. The molecule has 0 atom stereocenters. The van der Waals surface area contributed by atoms with Gasteiger partial charge in [0.15, 0.2) is 0 Å². The summed E-state index contributed by atoms with van der Waals surface area (Å²) in [6.45, 7) is 1.87. The lowest BCUT2D eigenvalue weighted by molar-refractivity contribution is 0.168. The molecule has 0 aliphatic rings. The Labute approximate surface area is 113 Å². The molecule has 0 aliphatic carbocycles. The molecule has 0 fully saturated rings. The first-order valence-electron chi connectivity index (χ1n) is 5.41. The van der Waals surface area contributed by atoms with Gasteiger partial charge in [-0.1, -0.05) is 11.6 Å². The van der Waals surface area contributed by atoms with E-state index in [1.54, 1.807) is 19.1 Å². The van der Waals surface area contributed by atoms with Gasteiger partial charge >= 0.3 is 6.09 Å². The summed E-state index contributed by atoms with van der Waals surface area (Å²) in [5.41, 5.74) is 0.658. The van der Waals surface area contributed by atoms with Gasteiger partial charge in [-0.15, -0.1) is 11.3 Å². The zero-order valence-electron chi connectivity index (χ0n) is 9.70. The molecule has 2 rings (SSSR count). The third-order valence-electron chi connectivity index (χ3n) is 2.40. The fraction of sp³-hybridized carbons (Fsp3) is 0.250. The number of thiophene rings is 1. The van der Waals surface area contributed by atoms with E-state index in [0.29, 0.717) is 22.2 Å². The van der Waals surface area contributed by atoms with E-state index in [1.165, 1.54) is 11.3 Å². The van der Waals surface area contributed by atoms with Crippen molar-refractivity contribution in [1.82, 2.24) is 0 Å². The maximum absolute atomic E-state index is 11.4. The van der Waals surface area contributed by atoms with E-state index in [0.717, 1.165) is 10.1 Å². The molecule has 6 heteroatoms. The molecule has 0 spiro atoms. The number of carbonyl (C=O) groups excluding carboxylic acids is 1. The Hall–Kier alpha value is -1.30. The van der Waals surface area contributed by atoms with Gasteiger partial charge < -0.3 is 9.84 Å². The summed E-state index contributed by atoms with van der Waals surface area (Å²) in [7, 11) is 0. The molecule has 0 aliphatic heterocycles. The van der Waals surface area contributed by atoms with E-state index in [4.69, 9.17) is 16.3 Å². The van der Waals surface area contributed by atoms with Gasteiger partial charge in [-0.3, -0.25) is 5.32 Å². The number of carbonyl (C=O) groups is 1. The summed E-state index contributed by atoms with van der Waals surface area (Å²) >= 11 is 7.30. The average Bonchev–Trinajstić information content (AvgIpc) is 2.65. The summed E-state index contributed by atoms with van der Waals surface area (Å²) in [5.74, 6) is 0. The number of amides is 1. The van der Waals surface area contributed by atoms with Crippen LogP contribution in [-0.4, -0.2) is 17.8 Å². The molecule has 1 amide bonds. The summed E-state index contributed by atoms with van der Waals surface area (Å²) in [5, 5.41) is 14.1. The Morgan fingerprint density at radius 2 is 2.33 bits per heavy atom. The first-order valence-corrected chi connectivity index (χ1v) is 6.60. The van der Waals surface area contributed by atoms with Gasteiger partial charge in [0.25, 0.3) is 0 Å². The molecule has 1 aromatic heterocycles. The highest BCUT2D eigenvalue weighted by atomic mass is 35.5. The van der Waals surface area contributed by atoms with Crippen LogP contribution in [0, 0.1) is 0 Å². The molecule has 4 nitrogen and oxygen atoms in total. The largest absolute Gasteiger partial charge is 0.450 e. The molecule has 0 bridgehead atoms. The maximum Gasteiger partial charge on any atom is 0.412 e. The summed E-state index contributed by atoms with van der Waals surface area (Å²) in [6.07, 6.45) is -0.523. The third kappa shape index (κ3) is 2.58. The van der Waals surface area contributed by atoms with Crippen LogP contribution in [0.4, 0.5) is 9.80 Å².